The predicted octanol–water partition coefficient (Wildman–Crippen LogP) is 6.68. The van der Waals surface area contributed by atoms with Gasteiger partial charge in [0.25, 0.3) is 0 Å². The molecule has 5 unspecified atom stereocenters. The van der Waals surface area contributed by atoms with E-state index >= 15 is 0 Å². The van der Waals surface area contributed by atoms with Crippen LogP contribution in [0.4, 0.5) is 0 Å². The quantitative estimate of drug-likeness (QED) is 0.171. The summed E-state index contributed by atoms with van der Waals surface area (Å²) in [6, 6.07) is 33.4. The smallest absolute Gasteiger partial charge is 0.240 e. The average Bonchev–Trinajstić information content (AvgIpc) is 3.84. The van der Waals surface area contributed by atoms with Crippen molar-refractivity contribution >= 4 is 10.0 Å². The zero-order valence-electron chi connectivity index (χ0n) is 28.9. The highest BCUT2D eigenvalue weighted by Gasteiger charge is 2.41. The number of rotatable bonds is 12. The van der Waals surface area contributed by atoms with Crippen molar-refractivity contribution in [2.45, 2.75) is 75.2 Å². The van der Waals surface area contributed by atoms with E-state index in [4.69, 9.17) is 9.47 Å². The summed E-state index contributed by atoms with van der Waals surface area (Å²) in [5, 5.41) is 9.67. The molecule has 50 heavy (non-hydrogen) atoms. The van der Waals surface area contributed by atoms with Crippen LogP contribution in [0.2, 0.25) is 0 Å². The van der Waals surface area contributed by atoms with Crippen molar-refractivity contribution in [3.8, 4) is 11.1 Å². The summed E-state index contributed by atoms with van der Waals surface area (Å²) in [7, 11) is -3.62. The van der Waals surface area contributed by atoms with Gasteiger partial charge in [-0.3, -0.25) is 4.90 Å². The Morgan fingerprint density at radius 3 is 2.26 bits per heavy atom. The molecule has 3 saturated heterocycles. The monoisotopic (exact) mass is 695 g/mol. The Hall–Kier alpha value is -3.41. The molecule has 0 amide bonds. The third-order valence-corrected chi connectivity index (χ3v) is 12.1. The van der Waals surface area contributed by atoms with E-state index in [0.29, 0.717) is 6.04 Å². The molecule has 5 atom stereocenters. The highest BCUT2D eigenvalue weighted by atomic mass is 32.2. The van der Waals surface area contributed by atoms with E-state index in [9.17, 15) is 13.5 Å². The Morgan fingerprint density at radius 2 is 1.50 bits per heavy atom. The molecule has 4 aromatic carbocycles. The first kappa shape index (κ1) is 35.0. The topological polar surface area (TPSA) is 91.3 Å². The molecule has 3 aliphatic heterocycles. The highest BCUT2D eigenvalue weighted by molar-refractivity contribution is 7.89. The molecule has 0 spiro atoms. The lowest BCUT2D eigenvalue weighted by Gasteiger charge is -2.43. The van der Waals surface area contributed by atoms with Crippen LogP contribution < -0.4 is 4.72 Å². The molecule has 0 aromatic heterocycles. The molecule has 9 heteroatoms. The summed E-state index contributed by atoms with van der Waals surface area (Å²) >= 11 is 0. The number of nitrogens with one attached hydrogen (secondary N) is 1. The number of nitrogens with zero attached hydrogens (tertiary/aromatic N) is 2. The summed E-state index contributed by atoms with van der Waals surface area (Å²) in [6.45, 7) is 7.97. The number of hydrogen-bond donors (Lipinski definition) is 2. The van der Waals surface area contributed by atoms with Crippen molar-refractivity contribution in [3.63, 3.8) is 0 Å². The fourth-order valence-electron chi connectivity index (χ4n) is 7.75. The Morgan fingerprint density at radius 1 is 0.760 bits per heavy atom. The molecule has 7 rings (SSSR count). The van der Waals surface area contributed by atoms with Gasteiger partial charge in [-0.2, -0.15) is 0 Å². The van der Waals surface area contributed by atoms with Crippen LogP contribution in [0.15, 0.2) is 108 Å². The van der Waals surface area contributed by atoms with Crippen LogP contribution in [0.1, 0.15) is 67.3 Å². The van der Waals surface area contributed by atoms with Crippen molar-refractivity contribution in [1.82, 2.24) is 14.5 Å². The Labute approximate surface area is 297 Å². The van der Waals surface area contributed by atoms with Gasteiger partial charge in [0, 0.05) is 37.2 Å². The first-order valence-electron chi connectivity index (χ1n) is 18.1. The van der Waals surface area contributed by atoms with Crippen LogP contribution in [0.3, 0.4) is 0 Å². The molecule has 4 aromatic rings. The predicted molar refractivity (Wildman–Crippen MR) is 196 cm³/mol. The van der Waals surface area contributed by atoms with E-state index in [0.717, 1.165) is 53.0 Å². The SMILES string of the molecule is CC1C(CN2CCCC2CN2CCCC2)OC(c2cccc(-c3cccc(CNS(=O)(=O)c4ccccc4)c3)c2)OC1c1ccc(CO)cc1. The largest absolute Gasteiger partial charge is 0.392 e. The number of likely N-dealkylation sites (tertiary alicyclic amines) is 2. The third-order valence-electron chi connectivity index (χ3n) is 10.6. The molecule has 2 N–H and O–H groups in total. The molecule has 3 heterocycles. The lowest BCUT2D eigenvalue weighted by molar-refractivity contribution is -0.276. The Bertz CT molecular complexity index is 1810. The fourth-order valence-corrected chi connectivity index (χ4v) is 8.79. The summed E-state index contributed by atoms with van der Waals surface area (Å²) < 4.78 is 42.1. The van der Waals surface area contributed by atoms with Crippen LogP contribution in [0.5, 0.6) is 0 Å². The Kier molecular flexibility index (Phi) is 11.1. The van der Waals surface area contributed by atoms with Gasteiger partial charge in [-0.15, -0.1) is 0 Å². The van der Waals surface area contributed by atoms with Crippen molar-refractivity contribution in [2.75, 3.05) is 32.7 Å². The molecular formula is C41H49N3O5S. The molecule has 0 bridgehead atoms. The van der Waals surface area contributed by atoms with Crippen molar-refractivity contribution < 1.29 is 23.0 Å². The molecule has 0 aliphatic carbocycles. The van der Waals surface area contributed by atoms with Gasteiger partial charge in [-0.05, 0) is 97.4 Å². The third kappa shape index (κ3) is 8.21. The van der Waals surface area contributed by atoms with Gasteiger partial charge in [0.1, 0.15) is 0 Å². The zero-order chi connectivity index (χ0) is 34.5. The van der Waals surface area contributed by atoms with Crippen LogP contribution in [0, 0.1) is 5.92 Å². The zero-order valence-corrected chi connectivity index (χ0v) is 29.7. The molecule has 264 valence electrons. The minimum Gasteiger partial charge on any atom is -0.392 e. The maximum atomic E-state index is 12.8. The number of benzene rings is 4. The van der Waals surface area contributed by atoms with Crippen LogP contribution in [-0.2, 0) is 32.6 Å². The normalized spacial score (nSPS) is 24.9. The summed E-state index contributed by atoms with van der Waals surface area (Å²) in [5.41, 5.74) is 5.78. The first-order chi connectivity index (χ1) is 24.4. The van der Waals surface area contributed by atoms with E-state index in [-0.39, 0.29) is 36.2 Å². The minimum absolute atomic E-state index is 0.00990. The molecule has 0 radical (unpaired) electrons. The second-order valence-corrected chi connectivity index (χ2v) is 15.9. The average molecular weight is 696 g/mol. The van der Waals surface area contributed by atoms with Crippen LogP contribution >= 0.6 is 0 Å². The number of aliphatic hydroxyl groups excluding tert-OH is 1. The molecule has 3 fully saturated rings. The van der Waals surface area contributed by atoms with Crippen molar-refractivity contribution in [2.24, 2.45) is 5.92 Å². The van der Waals surface area contributed by atoms with E-state index in [1.54, 1.807) is 30.3 Å². The molecular weight excluding hydrogens is 647 g/mol. The lowest BCUT2D eigenvalue weighted by atomic mass is 9.89. The maximum Gasteiger partial charge on any atom is 0.240 e. The van der Waals surface area contributed by atoms with Gasteiger partial charge < -0.3 is 19.5 Å². The number of ether oxygens (including phenoxy) is 2. The van der Waals surface area contributed by atoms with Gasteiger partial charge >= 0.3 is 0 Å². The van der Waals surface area contributed by atoms with Gasteiger partial charge in [-0.25, -0.2) is 13.1 Å². The van der Waals surface area contributed by atoms with Gasteiger partial charge in [0.05, 0.1) is 23.7 Å². The second-order valence-electron chi connectivity index (χ2n) is 14.1. The second kappa shape index (κ2) is 15.9. The molecule has 0 saturated carbocycles. The van der Waals surface area contributed by atoms with E-state index in [1.165, 1.54) is 38.8 Å². The summed E-state index contributed by atoms with van der Waals surface area (Å²) in [5.74, 6) is 0.124. The first-order valence-corrected chi connectivity index (χ1v) is 19.6. The van der Waals surface area contributed by atoms with E-state index in [1.807, 2.05) is 42.5 Å². The molecule has 8 nitrogen and oxygen atoms in total. The number of aliphatic hydroxyl groups is 1. The standard InChI is InChI=1S/C41H49N3O5S/c1-30-39(28-44-23-9-14-37(44)27-43-21-5-6-22-43)48-41(49-40(30)33-19-17-31(29-45)18-20-33)36-13-8-12-35(25-36)34-11-7-10-32(24-34)26-42-50(46,47)38-15-3-2-4-16-38/h2-4,7-8,10-13,15-20,24-25,30,37,39-42,45H,5-6,9,14,21-23,26-29H2,1H3. The molecule has 3 aliphatic rings. The van der Waals surface area contributed by atoms with Gasteiger partial charge in [0.15, 0.2) is 6.29 Å². The number of sulfonamides is 1. The Balaban J connectivity index is 1.11. The maximum absolute atomic E-state index is 12.8. The summed E-state index contributed by atoms with van der Waals surface area (Å²) in [6.07, 6.45) is 4.32. The van der Waals surface area contributed by atoms with Gasteiger partial charge in [-0.1, -0.05) is 85.8 Å². The van der Waals surface area contributed by atoms with E-state index < -0.39 is 16.3 Å². The fraction of sp³-hybridized carbons (Fsp3) is 0.415. The van der Waals surface area contributed by atoms with Crippen LogP contribution in [-0.4, -0.2) is 68.2 Å². The van der Waals surface area contributed by atoms with E-state index in [2.05, 4.69) is 51.8 Å². The number of hydrogen-bond acceptors (Lipinski definition) is 7. The summed E-state index contributed by atoms with van der Waals surface area (Å²) in [4.78, 5) is 5.53. The van der Waals surface area contributed by atoms with Crippen molar-refractivity contribution in [1.29, 1.82) is 0 Å². The lowest BCUT2D eigenvalue weighted by Crippen LogP contribution is -2.48. The van der Waals surface area contributed by atoms with Gasteiger partial charge in [0.2, 0.25) is 10.0 Å². The van der Waals surface area contributed by atoms with Crippen LogP contribution in [0.25, 0.3) is 11.1 Å². The highest BCUT2D eigenvalue weighted by Crippen LogP contribution is 2.43. The van der Waals surface area contributed by atoms with Crippen molar-refractivity contribution in [3.05, 3.63) is 125 Å². The minimum atomic E-state index is -3.62.